The van der Waals surface area contributed by atoms with Crippen LogP contribution >= 0.6 is 0 Å². The van der Waals surface area contributed by atoms with E-state index in [0.29, 0.717) is 6.54 Å². The van der Waals surface area contributed by atoms with E-state index in [-0.39, 0.29) is 18.6 Å². The first-order valence-electron chi connectivity index (χ1n) is 6.58. The van der Waals surface area contributed by atoms with Crippen molar-refractivity contribution >= 4 is 5.97 Å². The van der Waals surface area contributed by atoms with Crippen LogP contribution in [0.4, 0.5) is 0 Å². The highest BCUT2D eigenvalue weighted by Gasteiger charge is 2.27. The van der Waals surface area contributed by atoms with Crippen LogP contribution in [0, 0.1) is 5.41 Å². The number of piperazine rings is 1. The van der Waals surface area contributed by atoms with E-state index in [9.17, 15) is 4.79 Å². The van der Waals surface area contributed by atoms with Crippen molar-refractivity contribution in [2.75, 3.05) is 39.3 Å². The summed E-state index contributed by atoms with van der Waals surface area (Å²) in [7, 11) is 0. The minimum atomic E-state index is -0.544. The lowest BCUT2D eigenvalue weighted by molar-refractivity contribution is -0.159. The zero-order valence-corrected chi connectivity index (χ0v) is 11.9. The quantitative estimate of drug-likeness (QED) is 0.351. The van der Waals surface area contributed by atoms with E-state index in [1.165, 1.54) is 0 Å². The van der Waals surface area contributed by atoms with E-state index in [1.54, 1.807) is 0 Å². The molecule has 0 bridgehead atoms. The van der Waals surface area contributed by atoms with Gasteiger partial charge < -0.3 is 10.1 Å². The van der Waals surface area contributed by atoms with Crippen molar-refractivity contribution in [3.63, 3.8) is 0 Å². The number of carbonyl (C=O) groups is 1. The van der Waals surface area contributed by atoms with Crippen LogP contribution in [0.3, 0.4) is 0 Å². The number of nitrogens with zero attached hydrogens (tertiary/aromatic N) is 4. The molecule has 1 aliphatic rings. The minimum absolute atomic E-state index is 0.183. The van der Waals surface area contributed by atoms with Gasteiger partial charge in [-0.05, 0) is 26.3 Å². The molecule has 1 unspecified atom stereocenters. The van der Waals surface area contributed by atoms with Gasteiger partial charge in [0.25, 0.3) is 0 Å². The van der Waals surface area contributed by atoms with Crippen molar-refractivity contribution < 1.29 is 9.53 Å². The molecule has 0 aromatic rings. The van der Waals surface area contributed by atoms with E-state index in [0.717, 1.165) is 26.2 Å². The predicted molar refractivity (Wildman–Crippen MR) is 72.7 cm³/mol. The van der Waals surface area contributed by atoms with Crippen molar-refractivity contribution in [1.82, 2.24) is 10.2 Å². The Bertz CT molecular complexity index is 341. The second kappa shape index (κ2) is 7.33. The molecule has 0 spiro atoms. The van der Waals surface area contributed by atoms with E-state index in [1.807, 2.05) is 20.8 Å². The fourth-order valence-electron chi connectivity index (χ4n) is 1.77. The zero-order valence-electron chi connectivity index (χ0n) is 11.9. The molecule has 7 heteroatoms. The fraction of sp³-hybridized carbons (Fsp3) is 0.917. The molecule has 1 heterocycles. The lowest BCUT2D eigenvalue weighted by atomic mass is 9.97. The van der Waals surface area contributed by atoms with Gasteiger partial charge in [-0.3, -0.25) is 9.69 Å². The highest BCUT2D eigenvalue weighted by molar-refractivity contribution is 5.75. The Morgan fingerprint density at radius 2 is 2.11 bits per heavy atom. The number of hydrogen-bond donors (Lipinski definition) is 1. The van der Waals surface area contributed by atoms with E-state index in [2.05, 4.69) is 20.2 Å². The largest absolute Gasteiger partial charge is 0.460 e. The number of ether oxygens (including phenoxy) is 1. The molecule has 1 saturated heterocycles. The van der Waals surface area contributed by atoms with E-state index < -0.39 is 5.41 Å². The van der Waals surface area contributed by atoms with Gasteiger partial charge in [0.15, 0.2) is 0 Å². The maximum atomic E-state index is 11.9. The standard InChI is InChI=1S/C12H23N5O2/c1-12(2,3)11(18)19-10(8-15-16-13)9-17-6-4-14-5-7-17/h10,14H,4-9H2,1-3H3. The molecule has 1 aliphatic heterocycles. The van der Waals surface area contributed by atoms with Crippen LogP contribution < -0.4 is 5.32 Å². The van der Waals surface area contributed by atoms with Crippen molar-refractivity contribution in [3.05, 3.63) is 10.4 Å². The highest BCUT2D eigenvalue weighted by Crippen LogP contribution is 2.17. The first-order chi connectivity index (χ1) is 8.93. The summed E-state index contributed by atoms with van der Waals surface area (Å²) < 4.78 is 5.45. The van der Waals surface area contributed by atoms with Crippen LogP contribution in [0.25, 0.3) is 10.4 Å². The summed E-state index contributed by atoms with van der Waals surface area (Å²) in [6, 6.07) is 0. The average Bonchev–Trinajstić information content (AvgIpc) is 2.36. The van der Waals surface area contributed by atoms with Gasteiger partial charge in [-0.25, -0.2) is 0 Å². The van der Waals surface area contributed by atoms with Crippen LogP contribution in [0.1, 0.15) is 20.8 Å². The summed E-state index contributed by atoms with van der Waals surface area (Å²) in [6.07, 6.45) is -0.374. The Hall–Kier alpha value is -1.30. The molecule has 1 atom stereocenters. The van der Waals surface area contributed by atoms with Crippen LogP contribution in [0.15, 0.2) is 5.11 Å². The first kappa shape index (κ1) is 15.8. The Kier molecular flexibility index (Phi) is 6.08. The second-order valence-corrected chi connectivity index (χ2v) is 5.74. The summed E-state index contributed by atoms with van der Waals surface area (Å²) in [4.78, 5) is 16.8. The molecule has 108 valence electrons. The Labute approximate surface area is 113 Å². The normalized spacial score (nSPS) is 18.5. The molecular weight excluding hydrogens is 246 g/mol. The number of hydrogen-bond acceptors (Lipinski definition) is 5. The summed E-state index contributed by atoms with van der Waals surface area (Å²) in [5, 5.41) is 6.80. The zero-order chi connectivity index (χ0) is 14.3. The molecule has 19 heavy (non-hydrogen) atoms. The van der Waals surface area contributed by atoms with Crippen molar-refractivity contribution in [2.24, 2.45) is 10.5 Å². The SMILES string of the molecule is CC(C)(C)C(=O)OC(CN=[N+]=[N-])CN1CCNCC1. The average molecular weight is 269 g/mol. The first-order valence-corrected chi connectivity index (χ1v) is 6.58. The molecule has 1 N–H and O–H groups in total. The topological polar surface area (TPSA) is 90.3 Å². The molecule has 0 amide bonds. The molecule has 0 aliphatic carbocycles. The maximum Gasteiger partial charge on any atom is 0.311 e. The smallest absolute Gasteiger partial charge is 0.311 e. The highest BCUT2D eigenvalue weighted by atomic mass is 16.5. The molecular formula is C12H23N5O2. The van der Waals surface area contributed by atoms with Gasteiger partial charge >= 0.3 is 5.97 Å². The third-order valence-electron chi connectivity index (χ3n) is 2.91. The summed E-state index contributed by atoms with van der Waals surface area (Å²) in [6.45, 7) is 9.92. The Morgan fingerprint density at radius 3 is 2.63 bits per heavy atom. The molecule has 7 nitrogen and oxygen atoms in total. The van der Waals surface area contributed by atoms with Crippen LogP contribution in [0.2, 0.25) is 0 Å². The Morgan fingerprint density at radius 1 is 1.47 bits per heavy atom. The van der Waals surface area contributed by atoms with Gasteiger partial charge in [0.2, 0.25) is 0 Å². The number of rotatable bonds is 5. The lowest BCUT2D eigenvalue weighted by Gasteiger charge is -2.31. The van der Waals surface area contributed by atoms with Gasteiger partial charge in [0.05, 0.1) is 12.0 Å². The monoisotopic (exact) mass is 269 g/mol. The van der Waals surface area contributed by atoms with Gasteiger partial charge in [-0.2, -0.15) is 0 Å². The van der Waals surface area contributed by atoms with Gasteiger partial charge in [-0.1, -0.05) is 5.11 Å². The van der Waals surface area contributed by atoms with Gasteiger partial charge in [0.1, 0.15) is 6.10 Å². The Balaban J connectivity index is 2.55. The van der Waals surface area contributed by atoms with E-state index >= 15 is 0 Å². The summed E-state index contributed by atoms with van der Waals surface area (Å²) in [5.74, 6) is -0.263. The minimum Gasteiger partial charge on any atom is -0.460 e. The third kappa shape index (κ3) is 5.92. The number of carbonyl (C=O) groups excluding carboxylic acids is 1. The molecule has 1 rings (SSSR count). The number of nitrogens with one attached hydrogen (secondary N) is 1. The number of azide groups is 1. The second-order valence-electron chi connectivity index (χ2n) is 5.74. The molecule has 0 aromatic carbocycles. The van der Waals surface area contributed by atoms with E-state index in [4.69, 9.17) is 10.3 Å². The molecule has 0 saturated carbocycles. The lowest BCUT2D eigenvalue weighted by Crippen LogP contribution is -2.48. The van der Waals surface area contributed by atoms with Crippen LogP contribution in [-0.2, 0) is 9.53 Å². The fourth-order valence-corrected chi connectivity index (χ4v) is 1.77. The van der Waals surface area contributed by atoms with Gasteiger partial charge in [0, 0.05) is 37.6 Å². The summed E-state index contributed by atoms with van der Waals surface area (Å²) in [5.41, 5.74) is 7.87. The van der Waals surface area contributed by atoms with Crippen LogP contribution in [0.5, 0.6) is 0 Å². The third-order valence-corrected chi connectivity index (χ3v) is 2.91. The summed E-state index contributed by atoms with van der Waals surface area (Å²) >= 11 is 0. The van der Waals surface area contributed by atoms with Crippen molar-refractivity contribution in [1.29, 1.82) is 0 Å². The van der Waals surface area contributed by atoms with Crippen molar-refractivity contribution in [2.45, 2.75) is 26.9 Å². The molecule has 0 aromatic heterocycles. The van der Waals surface area contributed by atoms with Crippen LogP contribution in [-0.4, -0.2) is 56.2 Å². The maximum absolute atomic E-state index is 11.9. The predicted octanol–water partition coefficient (Wildman–Crippen LogP) is 1.16. The van der Waals surface area contributed by atoms with Crippen molar-refractivity contribution in [3.8, 4) is 0 Å². The molecule has 1 fully saturated rings. The number of esters is 1. The molecule has 0 radical (unpaired) electrons. The van der Waals surface area contributed by atoms with Gasteiger partial charge in [-0.15, -0.1) is 0 Å².